The number of hydrogen-bond donors (Lipinski definition) is 0. The van der Waals surface area contributed by atoms with Gasteiger partial charge in [0.1, 0.15) is 0 Å². The highest BCUT2D eigenvalue weighted by atomic mass is 16.6. The Bertz CT molecular complexity index is 1270. The number of carbonyl (C=O) groups is 3. The van der Waals surface area contributed by atoms with Crippen LogP contribution >= 0.6 is 0 Å². The molecule has 4 rings (SSSR count). The van der Waals surface area contributed by atoms with E-state index >= 15 is 0 Å². The summed E-state index contributed by atoms with van der Waals surface area (Å²) in [5, 5.41) is 11.2. The molecule has 0 N–H and O–H groups in total. The smallest absolute Gasteiger partial charge is 0.270 e. The quantitative estimate of drug-likeness (QED) is 0.324. The number of anilines is 1. The molecule has 0 saturated heterocycles. The van der Waals surface area contributed by atoms with Crippen molar-refractivity contribution in [3.8, 4) is 0 Å². The molecule has 0 bridgehead atoms. The number of imide groups is 1. The molecule has 1 aliphatic rings. The standard InChI is InChI=1S/C25H21N3O5/c1-16-10-11-22(17(2)14-16)26(23(29)18-6-5-7-19(15-18)28(32)33)12-13-27-24(30)20-8-3-4-9-21(20)25(27)31/h3-11,14-15H,12-13H2,1-2H3. The molecule has 0 radical (unpaired) electrons. The minimum atomic E-state index is -0.558. The van der Waals surface area contributed by atoms with Crippen LogP contribution in [0.25, 0.3) is 0 Å². The number of rotatable bonds is 6. The SMILES string of the molecule is Cc1ccc(N(CCN2C(=O)c3ccccc3C2=O)C(=O)c2cccc([N+](=O)[O-])c2)c(C)c1. The van der Waals surface area contributed by atoms with E-state index in [2.05, 4.69) is 0 Å². The molecule has 3 aromatic rings. The van der Waals surface area contributed by atoms with E-state index in [4.69, 9.17) is 0 Å². The fourth-order valence-corrected chi connectivity index (χ4v) is 3.99. The van der Waals surface area contributed by atoms with E-state index in [1.54, 1.807) is 30.3 Å². The van der Waals surface area contributed by atoms with Crippen LogP contribution in [0.1, 0.15) is 42.2 Å². The molecule has 166 valence electrons. The molecule has 0 aromatic heterocycles. The number of hydrogen-bond acceptors (Lipinski definition) is 5. The molecule has 0 saturated carbocycles. The van der Waals surface area contributed by atoms with Crippen molar-refractivity contribution in [2.45, 2.75) is 13.8 Å². The predicted molar refractivity (Wildman–Crippen MR) is 122 cm³/mol. The van der Waals surface area contributed by atoms with Crippen LogP contribution in [0.5, 0.6) is 0 Å². The lowest BCUT2D eigenvalue weighted by Crippen LogP contribution is -2.41. The summed E-state index contributed by atoms with van der Waals surface area (Å²) >= 11 is 0. The number of non-ortho nitro benzene ring substituents is 1. The average molecular weight is 443 g/mol. The van der Waals surface area contributed by atoms with Crippen LogP contribution in [0.15, 0.2) is 66.7 Å². The lowest BCUT2D eigenvalue weighted by molar-refractivity contribution is -0.384. The minimum Gasteiger partial charge on any atom is -0.306 e. The number of fused-ring (bicyclic) bond motifs is 1. The molecule has 8 nitrogen and oxygen atoms in total. The summed E-state index contributed by atoms with van der Waals surface area (Å²) in [6.45, 7) is 3.82. The number of benzene rings is 3. The topological polar surface area (TPSA) is 101 Å². The van der Waals surface area contributed by atoms with Crippen molar-refractivity contribution in [1.29, 1.82) is 0 Å². The summed E-state index contributed by atoms with van der Waals surface area (Å²) in [6.07, 6.45) is 0. The maximum atomic E-state index is 13.5. The van der Waals surface area contributed by atoms with Gasteiger partial charge in [-0.05, 0) is 43.7 Å². The van der Waals surface area contributed by atoms with Crippen molar-refractivity contribution in [2.24, 2.45) is 0 Å². The summed E-state index contributed by atoms with van der Waals surface area (Å²) < 4.78 is 0. The van der Waals surface area contributed by atoms with Crippen molar-refractivity contribution >= 4 is 29.1 Å². The van der Waals surface area contributed by atoms with E-state index in [1.165, 1.54) is 29.2 Å². The molecule has 3 amide bonds. The number of nitro groups is 1. The van der Waals surface area contributed by atoms with Gasteiger partial charge < -0.3 is 4.90 Å². The number of carbonyl (C=O) groups excluding carboxylic acids is 3. The van der Waals surface area contributed by atoms with Crippen LogP contribution in [0.2, 0.25) is 0 Å². The molecule has 1 aliphatic heterocycles. The molecule has 0 atom stereocenters. The van der Waals surface area contributed by atoms with Gasteiger partial charge in [0, 0.05) is 36.5 Å². The van der Waals surface area contributed by atoms with Gasteiger partial charge in [-0.15, -0.1) is 0 Å². The molecular formula is C25H21N3O5. The summed E-state index contributed by atoms with van der Waals surface area (Å²) in [5.41, 5.74) is 3.08. The maximum absolute atomic E-state index is 13.5. The van der Waals surface area contributed by atoms with Crippen LogP contribution in [0, 0.1) is 24.0 Å². The lowest BCUT2D eigenvalue weighted by atomic mass is 10.1. The van der Waals surface area contributed by atoms with E-state index in [0.29, 0.717) is 16.8 Å². The fourth-order valence-electron chi connectivity index (χ4n) is 3.99. The highest BCUT2D eigenvalue weighted by Crippen LogP contribution is 2.26. The fraction of sp³-hybridized carbons (Fsp3) is 0.160. The second-order valence-corrected chi connectivity index (χ2v) is 7.86. The molecule has 33 heavy (non-hydrogen) atoms. The van der Waals surface area contributed by atoms with Gasteiger partial charge in [-0.3, -0.25) is 29.4 Å². The molecular weight excluding hydrogens is 422 g/mol. The highest BCUT2D eigenvalue weighted by Gasteiger charge is 2.35. The molecule has 8 heteroatoms. The number of amides is 3. The molecule has 0 unspecified atom stereocenters. The Labute approximate surface area is 190 Å². The third kappa shape index (κ3) is 4.10. The van der Waals surface area contributed by atoms with Crippen LogP contribution in [-0.2, 0) is 0 Å². The third-order valence-electron chi connectivity index (χ3n) is 5.62. The summed E-state index contributed by atoms with van der Waals surface area (Å²) in [4.78, 5) is 52.2. The Kier molecular flexibility index (Phi) is 5.74. The van der Waals surface area contributed by atoms with Crippen molar-refractivity contribution in [1.82, 2.24) is 4.90 Å². The normalized spacial score (nSPS) is 12.6. The third-order valence-corrected chi connectivity index (χ3v) is 5.62. The molecule has 1 heterocycles. The first-order chi connectivity index (χ1) is 15.8. The Morgan fingerprint density at radius 1 is 0.939 bits per heavy atom. The first-order valence-electron chi connectivity index (χ1n) is 10.4. The van der Waals surface area contributed by atoms with Crippen LogP contribution in [0.3, 0.4) is 0 Å². The monoisotopic (exact) mass is 443 g/mol. The molecule has 0 spiro atoms. The van der Waals surface area contributed by atoms with Crippen molar-refractivity contribution in [2.75, 3.05) is 18.0 Å². The maximum Gasteiger partial charge on any atom is 0.270 e. The first-order valence-corrected chi connectivity index (χ1v) is 10.4. The second kappa shape index (κ2) is 8.66. The second-order valence-electron chi connectivity index (χ2n) is 7.86. The molecule has 0 aliphatic carbocycles. The van der Waals surface area contributed by atoms with E-state index in [9.17, 15) is 24.5 Å². The largest absolute Gasteiger partial charge is 0.306 e. The van der Waals surface area contributed by atoms with Crippen molar-refractivity contribution < 1.29 is 19.3 Å². The Morgan fingerprint density at radius 3 is 2.21 bits per heavy atom. The van der Waals surface area contributed by atoms with Gasteiger partial charge in [-0.1, -0.05) is 35.9 Å². The van der Waals surface area contributed by atoms with Gasteiger partial charge in [-0.25, -0.2) is 0 Å². The van der Waals surface area contributed by atoms with Crippen LogP contribution in [0.4, 0.5) is 11.4 Å². The predicted octanol–water partition coefficient (Wildman–Crippen LogP) is 4.15. The van der Waals surface area contributed by atoms with Gasteiger partial charge in [0.15, 0.2) is 0 Å². The zero-order chi connectivity index (χ0) is 23.7. The van der Waals surface area contributed by atoms with Crippen LogP contribution < -0.4 is 4.90 Å². The lowest BCUT2D eigenvalue weighted by Gasteiger charge is -2.27. The van der Waals surface area contributed by atoms with Gasteiger partial charge in [0.05, 0.1) is 16.1 Å². The summed E-state index contributed by atoms with van der Waals surface area (Å²) in [6, 6.07) is 17.7. The van der Waals surface area contributed by atoms with E-state index < -0.39 is 22.6 Å². The number of aryl methyl sites for hydroxylation is 2. The first kappa shape index (κ1) is 21.9. The summed E-state index contributed by atoms with van der Waals surface area (Å²) in [5.74, 6) is -1.26. The van der Waals surface area contributed by atoms with E-state index in [1.807, 2.05) is 26.0 Å². The van der Waals surface area contributed by atoms with Crippen molar-refractivity contribution in [3.63, 3.8) is 0 Å². The van der Waals surface area contributed by atoms with Crippen molar-refractivity contribution in [3.05, 3.63) is 105 Å². The number of nitrogens with zero attached hydrogens (tertiary/aromatic N) is 3. The Morgan fingerprint density at radius 2 is 1.61 bits per heavy atom. The van der Waals surface area contributed by atoms with Gasteiger partial charge in [0.2, 0.25) is 0 Å². The zero-order valence-corrected chi connectivity index (χ0v) is 18.1. The van der Waals surface area contributed by atoms with Crippen LogP contribution in [-0.4, -0.2) is 40.6 Å². The summed E-state index contributed by atoms with van der Waals surface area (Å²) in [7, 11) is 0. The minimum absolute atomic E-state index is 0.0136. The Hall–Kier alpha value is -4.33. The van der Waals surface area contributed by atoms with E-state index in [0.717, 1.165) is 16.0 Å². The van der Waals surface area contributed by atoms with Gasteiger partial charge in [0.25, 0.3) is 23.4 Å². The Balaban J connectivity index is 1.66. The average Bonchev–Trinajstić information content (AvgIpc) is 3.05. The number of nitro benzene ring substituents is 1. The molecule has 3 aromatic carbocycles. The highest BCUT2D eigenvalue weighted by molar-refractivity contribution is 6.21. The zero-order valence-electron chi connectivity index (χ0n) is 18.1. The van der Waals surface area contributed by atoms with Gasteiger partial charge >= 0.3 is 0 Å². The molecule has 0 fully saturated rings. The van der Waals surface area contributed by atoms with Gasteiger partial charge in [-0.2, -0.15) is 0 Å². The van der Waals surface area contributed by atoms with E-state index in [-0.39, 0.29) is 24.3 Å².